The van der Waals surface area contributed by atoms with Crippen LogP contribution in [-0.2, 0) is 0 Å². The molecule has 0 aliphatic rings. The van der Waals surface area contributed by atoms with Gasteiger partial charge < -0.3 is 15.3 Å². The molecule has 86 valence electrons. The van der Waals surface area contributed by atoms with E-state index in [0.717, 1.165) is 0 Å². The van der Waals surface area contributed by atoms with Crippen LogP contribution >= 0.6 is 0 Å². The maximum absolute atomic E-state index is 10.9. The van der Waals surface area contributed by atoms with E-state index >= 15 is 0 Å². The molecular formula is C10H6N2O5. The predicted octanol–water partition coefficient (Wildman–Crippen LogP) is 0.732. The predicted molar refractivity (Wildman–Crippen MR) is 55.1 cm³/mol. The second-order valence-corrected chi connectivity index (χ2v) is 3.17. The molecule has 0 aromatic carbocycles. The lowest BCUT2D eigenvalue weighted by molar-refractivity contribution is 0.0684. The number of carbonyl (C=O) groups is 2. The molecule has 2 rings (SSSR count). The van der Waals surface area contributed by atoms with Gasteiger partial charge in [0.25, 0.3) is 0 Å². The SMILES string of the molecule is O=C(O)c1nc(C(=O)O)c2cccnc2c1O. The van der Waals surface area contributed by atoms with Crippen molar-refractivity contribution in [1.82, 2.24) is 9.97 Å². The molecule has 3 N–H and O–H groups in total. The zero-order valence-corrected chi connectivity index (χ0v) is 8.28. The molecule has 0 fully saturated rings. The number of rotatable bonds is 2. The second kappa shape index (κ2) is 3.71. The van der Waals surface area contributed by atoms with Gasteiger partial charge in [-0.2, -0.15) is 0 Å². The molecule has 0 amide bonds. The molecule has 0 aliphatic carbocycles. The summed E-state index contributed by atoms with van der Waals surface area (Å²) in [6, 6.07) is 2.86. The van der Waals surface area contributed by atoms with Crippen LogP contribution in [0.1, 0.15) is 21.0 Å². The molecule has 0 aliphatic heterocycles. The van der Waals surface area contributed by atoms with Crippen molar-refractivity contribution in [2.24, 2.45) is 0 Å². The fraction of sp³-hybridized carbons (Fsp3) is 0. The molecular weight excluding hydrogens is 228 g/mol. The number of carboxylic acid groups (broad SMARTS) is 2. The molecule has 0 saturated carbocycles. The van der Waals surface area contributed by atoms with Gasteiger partial charge in [-0.1, -0.05) is 0 Å². The van der Waals surface area contributed by atoms with Crippen LogP contribution in [0.15, 0.2) is 18.3 Å². The van der Waals surface area contributed by atoms with Crippen molar-refractivity contribution in [2.45, 2.75) is 0 Å². The maximum atomic E-state index is 10.9. The average molecular weight is 234 g/mol. The van der Waals surface area contributed by atoms with Gasteiger partial charge >= 0.3 is 11.9 Å². The van der Waals surface area contributed by atoms with Crippen molar-refractivity contribution >= 4 is 22.8 Å². The summed E-state index contributed by atoms with van der Waals surface area (Å²) in [6.07, 6.45) is 1.32. The normalized spacial score (nSPS) is 10.4. The van der Waals surface area contributed by atoms with Gasteiger partial charge in [-0.25, -0.2) is 14.6 Å². The first-order valence-corrected chi connectivity index (χ1v) is 4.46. The van der Waals surface area contributed by atoms with Crippen LogP contribution in [0.5, 0.6) is 5.75 Å². The first-order valence-electron chi connectivity index (χ1n) is 4.46. The van der Waals surface area contributed by atoms with Gasteiger partial charge in [-0.3, -0.25) is 4.98 Å². The number of carboxylic acids is 2. The standard InChI is InChI=1S/C10H6N2O5/c13-8-5-4(2-1-3-11-5)6(9(14)15)12-7(8)10(16)17/h1-3,13H,(H,14,15)(H,16,17). The summed E-state index contributed by atoms with van der Waals surface area (Å²) < 4.78 is 0. The van der Waals surface area contributed by atoms with Gasteiger partial charge in [-0.05, 0) is 12.1 Å². The van der Waals surface area contributed by atoms with E-state index in [1.165, 1.54) is 18.3 Å². The van der Waals surface area contributed by atoms with Crippen molar-refractivity contribution in [3.63, 3.8) is 0 Å². The van der Waals surface area contributed by atoms with Crippen LogP contribution in [0.2, 0.25) is 0 Å². The Labute approximate surface area is 94.0 Å². The van der Waals surface area contributed by atoms with Gasteiger partial charge in [0.05, 0.1) is 0 Å². The average Bonchev–Trinajstić information content (AvgIpc) is 2.29. The number of hydrogen-bond acceptors (Lipinski definition) is 5. The van der Waals surface area contributed by atoms with Crippen molar-refractivity contribution in [1.29, 1.82) is 0 Å². The van der Waals surface area contributed by atoms with E-state index in [0.29, 0.717) is 0 Å². The van der Waals surface area contributed by atoms with E-state index < -0.39 is 29.1 Å². The minimum absolute atomic E-state index is 0.0856. The molecule has 0 radical (unpaired) electrons. The molecule has 7 heteroatoms. The van der Waals surface area contributed by atoms with Gasteiger partial charge in [-0.15, -0.1) is 0 Å². The van der Waals surface area contributed by atoms with E-state index in [2.05, 4.69) is 9.97 Å². The van der Waals surface area contributed by atoms with Gasteiger partial charge in [0, 0.05) is 11.6 Å². The number of aromatic carboxylic acids is 2. The fourth-order valence-electron chi connectivity index (χ4n) is 1.43. The zero-order chi connectivity index (χ0) is 12.6. The van der Waals surface area contributed by atoms with Gasteiger partial charge in [0.1, 0.15) is 5.52 Å². The Morgan fingerprint density at radius 2 is 1.76 bits per heavy atom. The van der Waals surface area contributed by atoms with E-state index in [4.69, 9.17) is 10.2 Å². The van der Waals surface area contributed by atoms with E-state index in [1.807, 2.05) is 0 Å². The summed E-state index contributed by atoms with van der Waals surface area (Å²) in [6.45, 7) is 0. The Morgan fingerprint density at radius 1 is 1.12 bits per heavy atom. The first kappa shape index (κ1) is 10.8. The highest BCUT2D eigenvalue weighted by Crippen LogP contribution is 2.27. The second-order valence-electron chi connectivity index (χ2n) is 3.17. The summed E-state index contributed by atoms with van der Waals surface area (Å²) in [7, 11) is 0. The Hall–Kier alpha value is -2.70. The zero-order valence-electron chi connectivity index (χ0n) is 8.28. The first-order chi connectivity index (χ1) is 8.02. The Balaban J connectivity index is 2.94. The minimum Gasteiger partial charge on any atom is -0.504 e. The highest BCUT2D eigenvalue weighted by Gasteiger charge is 2.21. The lowest BCUT2D eigenvalue weighted by Gasteiger charge is -2.05. The van der Waals surface area contributed by atoms with Crippen molar-refractivity contribution in [3.05, 3.63) is 29.7 Å². The third-order valence-electron chi connectivity index (χ3n) is 2.14. The van der Waals surface area contributed by atoms with E-state index in [9.17, 15) is 14.7 Å². The maximum Gasteiger partial charge on any atom is 0.358 e. The van der Waals surface area contributed by atoms with Gasteiger partial charge in [0.2, 0.25) is 0 Å². The van der Waals surface area contributed by atoms with Crippen LogP contribution in [0.25, 0.3) is 10.9 Å². The molecule has 0 atom stereocenters. The lowest BCUT2D eigenvalue weighted by atomic mass is 10.1. The van der Waals surface area contributed by atoms with Crippen molar-refractivity contribution in [3.8, 4) is 5.75 Å². The quantitative estimate of drug-likeness (QED) is 0.700. The Morgan fingerprint density at radius 3 is 2.35 bits per heavy atom. The van der Waals surface area contributed by atoms with Crippen molar-refractivity contribution < 1.29 is 24.9 Å². The van der Waals surface area contributed by atoms with Crippen LogP contribution in [0.4, 0.5) is 0 Å². The summed E-state index contributed by atoms with van der Waals surface area (Å²) in [5.41, 5.74) is -1.28. The summed E-state index contributed by atoms with van der Waals surface area (Å²) in [5, 5.41) is 27.4. The third kappa shape index (κ3) is 1.63. The van der Waals surface area contributed by atoms with Crippen LogP contribution in [0.3, 0.4) is 0 Å². The van der Waals surface area contributed by atoms with Crippen molar-refractivity contribution in [2.75, 3.05) is 0 Å². The van der Waals surface area contributed by atoms with Gasteiger partial charge in [0.15, 0.2) is 17.1 Å². The number of aromatic nitrogens is 2. The molecule has 7 nitrogen and oxygen atoms in total. The summed E-state index contributed by atoms with van der Waals surface area (Å²) in [4.78, 5) is 28.9. The fourth-order valence-corrected chi connectivity index (χ4v) is 1.43. The molecule has 0 spiro atoms. The molecule has 2 heterocycles. The van der Waals surface area contributed by atoms with Crippen LogP contribution in [0, 0.1) is 0 Å². The number of pyridine rings is 2. The molecule has 2 aromatic heterocycles. The molecule has 17 heavy (non-hydrogen) atoms. The number of fused-ring (bicyclic) bond motifs is 1. The molecule has 0 saturated heterocycles. The van der Waals surface area contributed by atoms with Crippen LogP contribution < -0.4 is 0 Å². The highest BCUT2D eigenvalue weighted by molar-refractivity contribution is 6.06. The largest absolute Gasteiger partial charge is 0.504 e. The van der Waals surface area contributed by atoms with E-state index in [1.54, 1.807) is 0 Å². The molecule has 2 aromatic rings. The smallest absolute Gasteiger partial charge is 0.358 e. The number of aromatic hydroxyl groups is 1. The van der Waals surface area contributed by atoms with Crippen LogP contribution in [-0.4, -0.2) is 37.2 Å². The highest BCUT2D eigenvalue weighted by atomic mass is 16.4. The molecule has 0 unspecified atom stereocenters. The minimum atomic E-state index is -1.52. The number of nitrogens with zero attached hydrogens (tertiary/aromatic N) is 2. The third-order valence-corrected chi connectivity index (χ3v) is 2.14. The van der Waals surface area contributed by atoms with E-state index in [-0.39, 0.29) is 10.9 Å². The monoisotopic (exact) mass is 234 g/mol. The summed E-state index contributed by atoms with van der Waals surface area (Å²) >= 11 is 0. The Kier molecular flexibility index (Phi) is 2.36. The Bertz CT molecular complexity index is 638. The number of hydrogen-bond donors (Lipinski definition) is 3. The molecule has 0 bridgehead atoms. The lowest BCUT2D eigenvalue weighted by Crippen LogP contribution is -2.09. The summed E-state index contributed by atoms with van der Waals surface area (Å²) in [5.74, 6) is -3.54. The topological polar surface area (TPSA) is 121 Å².